The van der Waals surface area contributed by atoms with Crippen LogP contribution in [0.5, 0.6) is 0 Å². The Kier molecular flexibility index (Phi) is 5.49. The smallest absolute Gasteiger partial charge is 0.224 e. The highest BCUT2D eigenvalue weighted by Gasteiger charge is 2.27. The maximum Gasteiger partial charge on any atom is 0.224 e. The van der Waals surface area contributed by atoms with Crippen LogP contribution >= 0.6 is 0 Å². The Hall–Kier alpha value is -1.62. The van der Waals surface area contributed by atoms with Gasteiger partial charge < -0.3 is 10.2 Å². The van der Waals surface area contributed by atoms with Crippen LogP contribution in [0, 0.1) is 0 Å². The number of nitrogens with zero attached hydrogens (tertiary/aromatic N) is 4. The van der Waals surface area contributed by atoms with E-state index in [2.05, 4.69) is 40.0 Å². The monoisotopic (exact) mass is 315 g/mol. The van der Waals surface area contributed by atoms with Gasteiger partial charge in [-0.05, 0) is 32.8 Å². The third-order valence-corrected chi connectivity index (χ3v) is 4.83. The van der Waals surface area contributed by atoms with Crippen molar-refractivity contribution in [3.63, 3.8) is 0 Å². The van der Waals surface area contributed by atoms with Crippen LogP contribution in [0.4, 0.5) is 11.8 Å². The number of nitrogens with one attached hydrogen (secondary N) is 1. The number of anilines is 2. The Bertz CT molecular complexity index is 528. The van der Waals surface area contributed by atoms with Crippen LogP contribution in [0.15, 0.2) is 23.9 Å². The molecule has 0 spiro atoms. The Morgan fingerprint density at radius 3 is 2.70 bits per heavy atom. The van der Waals surface area contributed by atoms with Crippen molar-refractivity contribution in [2.75, 3.05) is 42.9 Å². The van der Waals surface area contributed by atoms with E-state index in [1.165, 1.54) is 31.3 Å². The van der Waals surface area contributed by atoms with E-state index in [1.54, 1.807) is 0 Å². The molecule has 1 N–H and O–H groups in total. The Morgan fingerprint density at radius 1 is 1.26 bits per heavy atom. The van der Waals surface area contributed by atoms with Crippen LogP contribution < -0.4 is 10.2 Å². The van der Waals surface area contributed by atoms with Gasteiger partial charge in [-0.3, -0.25) is 4.90 Å². The molecule has 2 fully saturated rings. The molecule has 0 radical (unpaired) electrons. The lowest BCUT2D eigenvalue weighted by Gasteiger charge is -2.39. The van der Waals surface area contributed by atoms with Gasteiger partial charge in [0.25, 0.3) is 0 Å². The first-order valence-electron chi connectivity index (χ1n) is 8.93. The predicted octanol–water partition coefficient (Wildman–Crippen LogP) is 2.92. The molecule has 0 unspecified atom stereocenters. The van der Waals surface area contributed by atoms with Gasteiger partial charge >= 0.3 is 0 Å². The zero-order valence-corrected chi connectivity index (χ0v) is 14.5. The second-order valence-corrected chi connectivity index (χ2v) is 6.81. The lowest BCUT2D eigenvalue weighted by atomic mass is 10.1. The summed E-state index contributed by atoms with van der Waals surface area (Å²) in [7, 11) is 0. The zero-order valence-electron chi connectivity index (χ0n) is 14.5. The first-order chi connectivity index (χ1) is 11.2. The van der Waals surface area contributed by atoms with Crippen LogP contribution in [0.1, 0.15) is 39.5 Å². The highest BCUT2D eigenvalue weighted by Crippen LogP contribution is 2.19. The van der Waals surface area contributed by atoms with E-state index in [-0.39, 0.29) is 0 Å². The summed E-state index contributed by atoms with van der Waals surface area (Å²) in [5.74, 6) is 1.85. The molecule has 3 rings (SSSR count). The third-order valence-electron chi connectivity index (χ3n) is 4.83. The quantitative estimate of drug-likeness (QED) is 0.847. The highest BCUT2D eigenvalue weighted by atomic mass is 15.3. The minimum atomic E-state index is 0.471. The van der Waals surface area contributed by atoms with Crippen LogP contribution in [-0.2, 0) is 0 Å². The van der Waals surface area contributed by atoms with Gasteiger partial charge in [-0.15, -0.1) is 0 Å². The number of hydrogen-bond donors (Lipinski definition) is 1. The molecule has 0 saturated carbocycles. The van der Waals surface area contributed by atoms with E-state index in [4.69, 9.17) is 4.98 Å². The Balaban J connectivity index is 1.52. The minimum absolute atomic E-state index is 0.471. The molecule has 3 heterocycles. The molecule has 126 valence electrons. The summed E-state index contributed by atoms with van der Waals surface area (Å²) in [5, 5.41) is 3.48. The standard InChI is InChI=1S/C18H29N5/c1-3-15(2)12-22-13-16(14-22)20-18-19-9-8-17(21-18)23-10-6-4-5-7-11-23/h3,8-9,16H,4-7,10-14H2,1-2H3,(H,19,20,21)/b15-3+. The summed E-state index contributed by atoms with van der Waals surface area (Å²) in [5.41, 5.74) is 1.43. The van der Waals surface area contributed by atoms with Crippen molar-refractivity contribution in [1.29, 1.82) is 0 Å². The maximum atomic E-state index is 4.74. The van der Waals surface area contributed by atoms with Gasteiger partial charge in [-0.1, -0.05) is 24.5 Å². The van der Waals surface area contributed by atoms with Gasteiger partial charge in [0.2, 0.25) is 5.95 Å². The number of allylic oxidation sites excluding steroid dienone is 1. The first kappa shape index (κ1) is 16.2. The fourth-order valence-electron chi connectivity index (χ4n) is 3.31. The fourth-order valence-corrected chi connectivity index (χ4v) is 3.31. The first-order valence-corrected chi connectivity index (χ1v) is 8.93. The summed E-state index contributed by atoms with van der Waals surface area (Å²) in [6.07, 6.45) is 9.31. The number of rotatable bonds is 5. The van der Waals surface area contributed by atoms with Gasteiger partial charge in [0.05, 0.1) is 6.04 Å². The van der Waals surface area contributed by atoms with Gasteiger partial charge in [-0.25, -0.2) is 4.98 Å². The summed E-state index contributed by atoms with van der Waals surface area (Å²) in [4.78, 5) is 14.0. The van der Waals surface area contributed by atoms with Gasteiger partial charge in [0, 0.05) is 38.9 Å². The van der Waals surface area contributed by atoms with Crippen LogP contribution in [0.25, 0.3) is 0 Å². The molecule has 2 aliphatic rings. The molecular formula is C18H29N5. The predicted molar refractivity (Wildman–Crippen MR) is 96.0 cm³/mol. The molecule has 5 heteroatoms. The van der Waals surface area contributed by atoms with E-state index >= 15 is 0 Å². The molecule has 1 aromatic heterocycles. The average molecular weight is 315 g/mol. The molecule has 0 aromatic carbocycles. The molecule has 2 saturated heterocycles. The molecular weight excluding hydrogens is 286 g/mol. The molecule has 0 bridgehead atoms. The molecule has 5 nitrogen and oxygen atoms in total. The summed E-state index contributed by atoms with van der Waals surface area (Å²) < 4.78 is 0. The zero-order chi connectivity index (χ0) is 16.1. The van der Waals surface area contributed by atoms with Crippen LogP contribution in [-0.4, -0.2) is 53.6 Å². The second-order valence-electron chi connectivity index (χ2n) is 6.81. The largest absolute Gasteiger partial charge is 0.356 e. The van der Waals surface area contributed by atoms with Crippen molar-refractivity contribution in [3.8, 4) is 0 Å². The highest BCUT2D eigenvalue weighted by molar-refractivity contribution is 5.43. The SMILES string of the molecule is C/C=C(\C)CN1CC(Nc2nccc(N3CCCCCC3)n2)C1. The van der Waals surface area contributed by atoms with E-state index in [1.807, 2.05) is 12.3 Å². The Labute approximate surface area is 139 Å². The van der Waals surface area contributed by atoms with Crippen molar-refractivity contribution in [3.05, 3.63) is 23.9 Å². The third kappa shape index (κ3) is 4.44. The Morgan fingerprint density at radius 2 is 2.00 bits per heavy atom. The van der Waals surface area contributed by atoms with Crippen molar-refractivity contribution in [2.45, 2.75) is 45.6 Å². The average Bonchev–Trinajstić information content (AvgIpc) is 2.82. The van der Waals surface area contributed by atoms with E-state index in [0.717, 1.165) is 44.5 Å². The lowest BCUT2D eigenvalue weighted by molar-refractivity contribution is 0.176. The number of aromatic nitrogens is 2. The number of likely N-dealkylation sites (tertiary alicyclic amines) is 1. The molecule has 1 aromatic rings. The van der Waals surface area contributed by atoms with E-state index < -0.39 is 0 Å². The van der Waals surface area contributed by atoms with Gasteiger partial charge in [0.15, 0.2) is 0 Å². The van der Waals surface area contributed by atoms with Crippen molar-refractivity contribution < 1.29 is 0 Å². The second kappa shape index (κ2) is 7.77. The van der Waals surface area contributed by atoms with Crippen molar-refractivity contribution >= 4 is 11.8 Å². The minimum Gasteiger partial charge on any atom is -0.356 e. The van der Waals surface area contributed by atoms with Crippen LogP contribution in [0.2, 0.25) is 0 Å². The number of hydrogen-bond acceptors (Lipinski definition) is 5. The van der Waals surface area contributed by atoms with E-state index in [9.17, 15) is 0 Å². The lowest BCUT2D eigenvalue weighted by Crippen LogP contribution is -2.55. The molecule has 0 amide bonds. The molecule has 0 atom stereocenters. The summed E-state index contributed by atoms with van der Waals surface area (Å²) in [6.45, 7) is 9.75. The molecule has 0 aliphatic carbocycles. The van der Waals surface area contributed by atoms with Gasteiger partial charge in [-0.2, -0.15) is 4.98 Å². The van der Waals surface area contributed by atoms with Gasteiger partial charge in [0.1, 0.15) is 5.82 Å². The van der Waals surface area contributed by atoms with Crippen molar-refractivity contribution in [1.82, 2.24) is 14.9 Å². The van der Waals surface area contributed by atoms with Crippen LogP contribution in [0.3, 0.4) is 0 Å². The normalized spacial score (nSPS) is 21.0. The topological polar surface area (TPSA) is 44.3 Å². The summed E-state index contributed by atoms with van der Waals surface area (Å²) in [6, 6.07) is 2.51. The van der Waals surface area contributed by atoms with Crippen molar-refractivity contribution in [2.24, 2.45) is 0 Å². The maximum absolute atomic E-state index is 4.74. The van der Waals surface area contributed by atoms with E-state index in [0.29, 0.717) is 6.04 Å². The molecule has 23 heavy (non-hydrogen) atoms. The molecule has 2 aliphatic heterocycles. The summed E-state index contributed by atoms with van der Waals surface area (Å²) >= 11 is 0. The fraction of sp³-hybridized carbons (Fsp3) is 0.667.